The number of ether oxygens (including phenoxy) is 1. The van der Waals surface area contributed by atoms with Gasteiger partial charge in [0.05, 0.1) is 6.54 Å². The zero-order valence-electron chi connectivity index (χ0n) is 11.0. The third-order valence-corrected chi connectivity index (χ3v) is 2.59. The number of amides is 2. The molecule has 18 heavy (non-hydrogen) atoms. The SMILES string of the molecule is CNC(=O)c1ccc(CNC(=O)C(C)(C)OC)o1. The van der Waals surface area contributed by atoms with Crippen molar-refractivity contribution < 1.29 is 18.7 Å². The van der Waals surface area contributed by atoms with Crippen molar-refractivity contribution in [1.29, 1.82) is 0 Å². The zero-order chi connectivity index (χ0) is 13.8. The molecule has 1 heterocycles. The van der Waals surface area contributed by atoms with Crippen molar-refractivity contribution in [2.24, 2.45) is 0 Å². The highest BCUT2D eigenvalue weighted by Gasteiger charge is 2.26. The highest BCUT2D eigenvalue weighted by molar-refractivity contribution is 5.91. The van der Waals surface area contributed by atoms with E-state index in [-0.39, 0.29) is 24.1 Å². The number of furan rings is 1. The average Bonchev–Trinajstić information content (AvgIpc) is 2.83. The Labute approximate surface area is 106 Å². The summed E-state index contributed by atoms with van der Waals surface area (Å²) in [6, 6.07) is 3.20. The van der Waals surface area contributed by atoms with Crippen LogP contribution in [-0.2, 0) is 16.1 Å². The summed E-state index contributed by atoms with van der Waals surface area (Å²) in [7, 11) is 2.99. The zero-order valence-corrected chi connectivity index (χ0v) is 11.0. The minimum atomic E-state index is -0.893. The molecule has 2 amide bonds. The van der Waals surface area contributed by atoms with E-state index in [9.17, 15) is 9.59 Å². The molecule has 1 rings (SSSR count). The molecule has 0 aliphatic rings. The predicted molar refractivity (Wildman–Crippen MR) is 65.0 cm³/mol. The van der Waals surface area contributed by atoms with Gasteiger partial charge in [-0.05, 0) is 26.0 Å². The van der Waals surface area contributed by atoms with E-state index in [0.717, 1.165) is 0 Å². The summed E-state index contributed by atoms with van der Waals surface area (Å²) < 4.78 is 10.3. The van der Waals surface area contributed by atoms with Gasteiger partial charge in [-0.1, -0.05) is 0 Å². The molecule has 0 fully saturated rings. The van der Waals surface area contributed by atoms with Crippen LogP contribution in [-0.4, -0.2) is 31.6 Å². The number of hydrogen-bond donors (Lipinski definition) is 2. The van der Waals surface area contributed by atoms with Crippen molar-refractivity contribution in [2.75, 3.05) is 14.2 Å². The fraction of sp³-hybridized carbons (Fsp3) is 0.500. The lowest BCUT2D eigenvalue weighted by atomic mass is 10.1. The number of nitrogens with one attached hydrogen (secondary N) is 2. The quantitative estimate of drug-likeness (QED) is 0.809. The average molecular weight is 254 g/mol. The van der Waals surface area contributed by atoms with E-state index >= 15 is 0 Å². The highest BCUT2D eigenvalue weighted by atomic mass is 16.5. The summed E-state index contributed by atoms with van der Waals surface area (Å²) in [5.74, 6) is 0.175. The normalized spacial score (nSPS) is 11.1. The maximum atomic E-state index is 11.7. The molecular formula is C12H18N2O4. The summed E-state index contributed by atoms with van der Waals surface area (Å²) in [5.41, 5.74) is -0.893. The second kappa shape index (κ2) is 5.68. The Morgan fingerprint density at radius 1 is 1.39 bits per heavy atom. The molecular weight excluding hydrogens is 236 g/mol. The predicted octanol–water partition coefficient (Wildman–Crippen LogP) is 0.680. The van der Waals surface area contributed by atoms with Gasteiger partial charge in [-0.2, -0.15) is 0 Å². The van der Waals surface area contributed by atoms with Gasteiger partial charge in [0.25, 0.3) is 11.8 Å². The van der Waals surface area contributed by atoms with Crippen LogP contribution in [0.2, 0.25) is 0 Å². The Morgan fingerprint density at radius 2 is 2.06 bits per heavy atom. The summed E-state index contributed by atoms with van der Waals surface area (Å²) >= 11 is 0. The molecule has 0 unspecified atom stereocenters. The standard InChI is InChI=1S/C12H18N2O4/c1-12(2,17-4)11(16)14-7-8-5-6-9(18-8)10(15)13-3/h5-6H,7H2,1-4H3,(H,13,15)(H,14,16). The van der Waals surface area contributed by atoms with E-state index in [2.05, 4.69) is 10.6 Å². The van der Waals surface area contributed by atoms with Crippen LogP contribution in [0, 0.1) is 0 Å². The van der Waals surface area contributed by atoms with Crippen molar-refractivity contribution in [3.8, 4) is 0 Å². The Hall–Kier alpha value is -1.82. The van der Waals surface area contributed by atoms with E-state index in [1.54, 1.807) is 26.0 Å². The number of rotatable bonds is 5. The maximum absolute atomic E-state index is 11.7. The van der Waals surface area contributed by atoms with Crippen molar-refractivity contribution in [3.63, 3.8) is 0 Å². The molecule has 1 aromatic rings. The van der Waals surface area contributed by atoms with Gasteiger partial charge in [0.15, 0.2) is 5.76 Å². The van der Waals surface area contributed by atoms with E-state index in [0.29, 0.717) is 5.76 Å². The molecule has 2 N–H and O–H groups in total. The molecule has 1 aromatic heterocycles. The largest absolute Gasteiger partial charge is 0.454 e. The first kappa shape index (κ1) is 14.2. The van der Waals surface area contributed by atoms with E-state index in [4.69, 9.17) is 9.15 Å². The Kier molecular flexibility index (Phi) is 4.49. The maximum Gasteiger partial charge on any atom is 0.286 e. The van der Waals surface area contributed by atoms with Crippen molar-refractivity contribution in [1.82, 2.24) is 10.6 Å². The van der Waals surface area contributed by atoms with Crippen LogP contribution in [0.3, 0.4) is 0 Å². The van der Waals surface area contributed by atoms with Crippen LogP contribution < -0.4 is 10.6 Å². The van der Waals surface area contributed by atoms with Gasteiger partial charge in [-0.15, -0.1) is 0 Å². The van der Waals surface area contributed by atoms with Gasteiger partial charge in [0.2, 0.25) is 0 Å². The van der Waals surface area contributed by atoms with Gasteiger partial charge in [-0.3, -0.25) is 9.59 Å². The van der Waals surface area contributed by atoms with Gasteiger partial charge in [0, 0.05) is 14.2 Å². The van der Waals surface area contributed by atoms with Crippen molar-refractivity contribution in [3.05, 3.63) is 23.7 Å². The Balaban J connectivity index is 2.57. The monoisotopic (exact) mass is 254 g/mol. The lowest BCUT2D eigenvalue weighted by Crippen LogP contribution is -2.43. The second-order valence-electron chi connectivity index (χ2n) is 4.24. The molecule has 0 aromatic carbocycles. The number of hydrogen-bond acceptors (Lipinski definition) is 4. The summed E-state index contributed by atoms with van der Waals surface area (Å²) in [5, 5.41) is 5.12. The third-order valence-electron chi connectivity index (χ3n) is 2.59. The van der Waals surface area contributed by atoms with Gasteiger partial charge >= 0.3 is 0 Å². The molecule has 0 saturated heterocycles. The molecule has 0 spiro atoms. The molecule has 6 heteroatoms. The first-order chi connectivity index (χ1) is 8.40. The topological polar surface area (TPSA) is 80.6 Å². The van der Waals surface area contributed by atoms with E-state index in [1.165, 1.54) is 14.2 Å². The molecule has 100 valence electrons. The smallest absolute Gasteiger partial charge is 0.286 e. The van der Waals surface area contributed by atoms with Crippen LogP contribution >= 0.6 is 0 Å². The van der Waals surface area contributed by atoms with Crippen LogP contribution in [0.4, 0.5) is 0 Å². The summed E-state index contributed by atoms with van der Waals surface area (Å²) in [4.78, 5) is 23.0. The number of carbonyl (C=O) groups is 2. The minimum absolute atomic E-state index is 0.211. The van der Waals surface area contributed by atoms with Crippen molar-refractivity contribution in [2.45, 2.75) is 26.0 Å². The molecule has 0 aliphatic heterocycles. The fourth-order valence-corrected chi connectivity index (χ4v) is 1.19. The Bertz CT molecular complexity index is 437. The fourth-order valence-electron chi connectivity index (χ4n) is 1.19. The van der Waals surface area contributed by atoms with E-state index < -0.39 is 5.60 Å². The van der Waals surface area contributed by atoms with Crippen LogP contribution in [0.25, 0.3) is 0 Å². The molecule has 0 atom stereocenters. The molecule has 6 nitrogen and oxygen atoms in total. The molecule has 0 aliphatic carbocycles. The van der Waals surface area contributed by atoms with Gasteiger partial charge in [0.1, 0.15) is 11.4 Å². The molecule has 0 bridgehead atoms. The minimum Gasteiger partial charge on any atom is -0.454 e. The third kappa shape index (κ3) is 3.33. The summed E-state index contributed by atoms with van der Waals surface area (Å²) in [6.45, 7) is 3.55. The molecule has 0 radical (unpaired) electrons. The van der Waals surface area contributed by atoms with Crippen LogP contribution in [0.1, 0.15) is 30.2 Å². The number of carbonyl (C=O) groups excluding carboxylic acids is 2. The Morgan fingerprint density at radius 3 is 2.61 bits per heavy atom. The summed E-state index contributed by atoms with van der Waals surface area (Å²) in [6.07, 6.45) is 0. The lowest BCUT2D eigenvalue weighted by molar-refractivity contribution is -0.139. The van der Waals surface area contributed by atoms with Crippen LogP contribution in [0.5, 0.6) is 0 Å². The van der Waals surface area contributed by atoms with Gasteiger partial charge < -0.3 is 19.8 Å². The van der Waals surface area contributed by atoms with E-state index in [1.807, 2.05) is 0 Å². The first-order valence-electron chi connectivity index (χ1n) is 5.55. The highest BCUT2D eigenvalue weighted by Crippen LogP contribution is 2.10. The lowest BCUT2D eigenvalue weighted by Gasteiger charge is -2.21. The second-order valence-corrected chi connectivity index (χ2v) is 4.24. The van der Waals surface area contributed by atoms with Crippen LogP contribution in [0.15, 0.2) is 16.5 Å². The first-order valence-corrected chi connectivity index (χ1v) is 5.55. The molecule has 0 saturated carbocycles. The van der Waals surface area contributed by atoms with Gasteiger partial charge in [-0.25, -0.2) is 0 Å². The number of methoxy groups -OCH3 is 1. The van der Waals surface area contributed by atoms with Crippen molar-refractivity contribution >= 4 is 11.8 Å².